The third kappa shape index (κ3) is 4.81. The van der Waals surface area contributed by atoms with Crippen molar-refractivity contribution >= 4 is 0 Å². The Morgan fingerprint density at radius 1 is 1.44 bits per heavy atom. The Morgan fingerprint density at radius 2 is 2.25 bits per heavy atom. The fourth-order valence-corrected chi connectivity index (χ4v) is 1.38. The molecule has 0 atom stereocenters. The lowest BCUT2D eigenvalue weighted by molar-refractivity contribution is 0.103. The van der Waals surface area contributed by atoms with Crippen molar-refractivity contribution < 1.29 is 9.15 Å². The lowest BCUT2D eigenvalue weighted by Gasteiger charge is -2.08. The first-order chi connectivity index (χ1) is 7.74. The van der Waals surface area contributed by atoms with Crippen LogP contribution in [-0.2, 0) is 17.9 Å². The number of ether oxygens (including phenoxy) is 1. The Labute approximate surface area is 98.2 Å². The van der Waals surface area contributed by atoms with Gasteiger partial charge in [-0.25, -0.2) is 0 Å². The molecule has 0 unspecified atom stereocenters. The van der Waals surface area contributed by atoms with Gasteiger partial charge in [-0.3, -0.25) is 0 Å². The largest absolute Gasteiger partial charge is 0.467 e. The second kappa shape index (κ2) is 7.47. The summed E-state index contributed by atoms with van der Waals surface area (Å²) in [6.07, 6.45) is 4.01. The predicted molar refractivity (Wildman–Crippen MR) is 65.2 cm³/mol. The maximum absolute atomic E-state index is 5.54. The fourth-order valence-electron chi connectivity index (χ4n) is 1.38. The molecule has 0 saturated heterocycles. The second-order valence-corrected chi connectivity index (χ2v) is 4.31. The van der Waals surface area contributed by atoms with Gasteiger partial charge in [-0.1, -0.05) is 27.2 Å². The van der Waals surface area contributed by atoms with Crippen molar-refractivity contribution in [3.05, 3.63) is 23.7 Å². The standard InChI is InChI=1S/C13H23NO2/c1-4-5-7-15-10-13-12(6-8-16-13)9-14-11(2)3/h6,8,11,14H,4-5,7,9-10H2,1-3H3. The number of unbranched alkanes of at least 4 members (excludes halogenated alkanes) is 1. The van der Waals surface area contributed by atoms with Crippen LogP contribution in [0.3, 0.4) is 0 Å². The van der Waals surface area contributed by atoms with Gasteiger partial charge in [-0.2, -0.15) is 0 Å². The van der Waals surface area contributed by atoms with Crippen molar-refractivity contribution in [2.75, 3.05) is 6.61 Å². The number of hydrogen-bond acceptors (Lipinski definition) is 3. The first-order valence-corrected chi connectivity index (χ1v) is 6.10. The Morgan fingerprint density at radius 3 is 2.94 bits per heavy atom. The third-order valence-electron chi connectivity index (χ3n) is 2.41. The van der Waals surface area contributed by atoms with Crippen molar-refractivity contribution in [2.24, 2.45) is 0 Å². The number of nitrogens with one attached hydrogen (secondary N) is 1. The van der Waals surface area contributed by atoms with Crippen molar-refractivity contribution in [3.8, 4) is 0 Å². The summed E-state index contributed by atoms with van der Waals surface area (Å²) >= 11 is 0. The van der Waals surface area contributed by atoms with E-state index in [0.717, 1.165) is 25.3 Å². The molecule has 1 N–H and O–H groups in total. The highest BCUT2D eigenvalue weighted by atomic mass is 16.5. The van der Waals surface area contributed by atoms with Crippen molar-refractivity contribution in [2.45, 2.75) is 52.8 Å². The Bertz CT molecular complexity index is 281. The average Bonchev–Trinajstić information content (AvgIpc) is 2.69. The highest BCUT2D eigenvalue weighted by Gasteiger charge is 2.06. The molecule has 0 aliphatic carbocycles. The zero-order valence-electron chi connectivity index (χ0n) is 10.6. The Kier molecular flexibility index (Phi) is 6.19. The van der Waals surface area contributed by atoms with Crippen LogP contribution >= 0.6 is 0 Å². The van der Waals surface area contributed by atoms with E-state index in [9.17, 15) is 0 Å². The molecular formula is C13H23NO2. The van der Waals surface area contributed by atoms with Gasteiger partial charge in [-0.15, -0.1) is 0 Å². The predicted octanol–water partition coefficient (Wildman–Crippen LogP) is 3.09. The molecule has 0 aromatic carbocycles. The van der Waals surface area contributed by atoms with Gasteiger partial charge in [-0.05, 0) is 12.5 Å². The summed E-state index contributed by atoms with van der Waals surface area (Å²) in [5, 5.41) is 3.37. The average molecular weight is 225 g/mol. The molecule has 16 heavy (non-hydrogen) atoms. The van der Waals surface area contributed by atoms with E-state index in [2.05, 4.69) is 26.1 Å². The normalized spacial score (nSPS) is 11.2. The Hall–Kier alpha value is -0.800. The van der Waals surface area contributed by atoms with Gasteiger partial charge in [0.2, 0.25) is 0 Å². The molecule has 0 fully saturated rings. The molecule has 0 aliphatic heterocycles. The van der Waals surface area contributed by atoms with Crippen LogP contribution < -0.4 is 5.32 Å². The summed E-state index contributed by atoms with van der Waals surface area (Å²) in [5.74, 6) is 0.948. The molecule has 0 radical (unpaired) electrons. The van der Waals surface area contributed by atoms with Crippen LogP contribution in [0.5, 0.6) is 0 Å². The van der Waals surface area contributed by atoms with Crippen LogP contribution in [0.2, 0.25) is 0 Å². The molecule has 0 bridgehead atoms. The summed E-state index contributed by atoms with van der Waals surface area (Å²) in [6, 6.07) is 2.50. The van der Waals surface area contributed by atoms with E-state index in [4.69, 9.17) is 9.15 Å². The van der Waals surface area contributed by atoms with Gasteiger partial charge >= 0.3 is 0 Å². The van der Waals surface area contributed by atoms with Crippen molar-refractivity contribution in [1.82, 2.24) is 5.32 Å². The van der Waals surface area contributed by atoms with E-state index in [1.165, 1.54) is 12.0 Å². The van der Waals surface area contributed by atoms with Crippen LogP contribution in [0, 0.1) is 0 Å². The molecule has 1 heterocycles. The number of furan rings is 1. The maximum Gasteiger partial charge on any atom is 0.133 e. The van der Waals surface area contributed by atoms with Gasteiger partial charge in [0.25, 0.3) is 0 Å². The zero-order chi connectivity index (χ0) is 11.8. The summed E-state index contributed by atoms with van der Waals surface area (Å²) in [6.45, 7) is 8.68. The van der Waals surface area contributed by atoms with Gasteiger partial charge in [0.05, 0.1) is 6.26 Å². The quantitative estimate of drug-likeness (QED) is 0.690. The van der Waals surface area contributed by atoms with E-state index in [1.54, 1.807) is 6.26 Å². The van der Waals surface area contributed by atoms with Crippen LogP contribution in [-0.4, -0.2) is 12.6 Å². The van der Waals surface area contributed by atoms with E-state index >= 15 is 0 Å². The maximum atomic E-state index is 5.54. The fraction of sp³-hybridized carbons (Fsp3) is 0.692. The number of rotatable bonds is 8. The summed E-state index contributed by atoms with van der Waals surface area (Å²) in [7, 11) is 0. The lowest BCUT2D eigenvalue weighted by Crippen LogP contribution is -2.22. The van der Waals surface area contributed by atoms with E-state index < -0.39 is 0 Å². The number of hydrogen-bond donors (Lipinski definition) is 1. The summed E-state index contributed by atoms with van der Waals surface area (Å²) in [4.78, 5) is 0. The molecule has 0 aliphatic rings. The summed E-state index contributed by atoms with van der Waals surface area (Å²) in [5.41, 5.74) is 1.20. The first kappa shape index (κ1) is 13.3. The minimum absolute atomic E-state index is 0.490. The molecule has 1 aromatic rings. The molecule has 3 nitrogen and oxygen atoms in total. The molecule has 0 saturated carbocycles. The SMILES string of the molecule is CCCCOCc1occc1CNC(C)C. The minimum atomic E-state index is 0.490. The smallest absolute Gasteiger partial charge is 0.133 e. The Balaban J connectivity index is 2.32. The molecule has 3 heteroatoms. The lowest BCUT2D eigenvalue weighted by atomic mass is 10.2. The molecule has 1 aromatic heterocycles. The third-order valence-corrected chi connectivity index (χ3v) is 2.41. The van der Waals surface area contributed by atoms with Crippen molar-refractivity contribution in [1.29, 1.82) is 0 Å². The molecule has 0 amide bonds. The zero-order valence-corrected chi connectivity index (χ0v) is 10.6. The summed E-state index contributed by atoms with van der Waals surface area (Å²) < 4.78 is 11.0. The van der Waals surface area contributed by atoms with E-state index in [0.29, 0.717) is 12.6 Å². The van der Waals surface area contributed by atoms with Gasteiger partial charge in [0.1, 0.15) is 12.4 Å². The van der Waals surface area contributed by atoms with Gasteiger partial charge < -0.3 is 14.5 Å². The van der Waals surface area contributed by atoms with Crippen LogP contribution in [0.25, 0.3) is 0 Å². The van der Waals surface area contributed by atoms with Gasteiger partial charge in [0.15, 0.2) is 0 Å². The molecule has 92 valence electrons. The van der Waals surface area contributed by atoms with E-state index in [1.807, 2.05) is 6.07 Å². The van der Waals surface area contributed by atoms with Crippen molar-refractivity contribution in [3.63, 3.8) is 0 Å². The molecule has 1 rings (SSSR count). The van der Waals surface area contributed by atoms with E-state index in [-0.39, 0.29) is 0 Å². The molecule has 0 spiro atoms. The minimum Gasteiger partial charge on any atom is -0.467 e. The topological polar surface area (TPSA) is 34.4 Å². The highest BCUT2D eigenvalue weighted by Crippen LogP contribution is 2.12. The van der Waals surface area contributed by atoms with Crippen LogP contribution in [0.1, 0.15) is 44.9 Å². The monoisotopic (exact) mass is 225 g/mol. The van der Waals surface area contributed by atoms with Crippen LogP contribution in [0.4, 0.5) is 0 Å². The second-order valence-electron chi connectivity index (χ2n) is 4.31. The highest BCUT2D eigenvalue weighted by molar-refractivity contribution is 5.16. The molecular weight excluding hydrogens is 202 g/mol. The van der Waals surface area contributed by atoms with Crippen LogP contribution in [0.15, 0.2) is 16.7 Å². The van der Waals surface area contributed by atoms with Gasteiger partial charge in [0, 0.05) is 24.8 Å². The first-order valence-electron chi connectivity index (χ1n) is 6.10.